The van der Waals surface area contributed by atoms with Gasteiger partial charge >= 0.3 is 0 Å². The van der Waals surface area contributed by atoms with Crippen LogP contribution in [0.15, 0.2) is 30.6 Å². The van der Waals surface area contributed by atoms with Crippen molar-refractivity contribution in [1.29, 1.82) is 0 Å². The molecule has 1 fully saturated rings. The molecule has 1 aliphatic carbocycles. The van der Waals surface area contributed by atoms with Gasteiger partial charge in [0.05, 0.1) is 17.4 Å². The monoisotopic (exact) mass is 305 g/mol. The van der Waals surface area contributed by atoms with E-state index in [0.717, 1.165) is 6.54 Å². The molecule has 0 aliphatic heterocycles. The van der Waals surface area contributed by atoms with Crippen LogP contribution >= 0.6 is 11.6 Å². The normalized spacial score (nSPS) is 14.7. The molecule has 0 amide bonds. The molecule has 4 nitrogen and oxygen atoms in total. The summed E-state index contributed by atoms with van der Waals surface area (Å²) in [4.78, 5) is 0. The number of aromatic nitrogens is 2. The minimum atomic E-state index is 0.314. The Kier molecular flexibility index (Phi) is 4.17. The largest absolute Gasteiger partial charge is 0.452 e. The number of nitrogens with zero attached hydrogens (tertiary/aromatic N) is 2. The summed E-state index contributed by atoms with van der Waals surface area (Å²) in [7, 11) is 0. The highest BCUT2D eigenvalue weighted by atomic mass is 35.5. The van der Waals surface area contributed by atoms with Crippen molar-refractivity contribution in [2.45, 2.75) is 45.3 Å². The number of hydrogen-bond donors (Lipinski definition) is 1. The van der Waals surface area contributed by atoms with Crippen LogP contribution in [0.5, 0.6) is 11.5 Å². The van der Waals surface area contributed by atoms with Crippen LogP contribution in [0.2, 0.25) is 5.02 Å². The molecule has 21 heavy (non-hydrogen) atoms. The molecule has 0 saturated heterocycles. The zero-order valence-electron chi connectivity index (χ0n) is 12.3. The van der Waals surface area contributed by atoms with E-state index in [1.807, 2.05) is 29.1 Å². The average Bonchev–Trinajstić information content (AvgIpc) is 3.16. The van der Waals surface area contributed by atoms with Crippen molar-refractivity contribution in [3.05, 3.63) is 41.2 Å². The predicted molar refractivity (Wildman–Crippen MR) is 84.0 cm³/mol. The second kappa shape index (κ2) is 6.08. The molecule has 1 aliphatic rings. The van der Waals surface area contributed by atoms with Crippen LogP contribution in [-0.4, -0.2) is 15.8 Å². The first-order valence-corrected chi connectivity index (χ1v) is 7.73. The molecule has 1 aromatic heterocycles. The first-order chi connectivity index (χ1) is 10.1. The van der Waals surface area contributed by atoms with Gasteiger partial charge in [0.1, 0.15) is 5.75 Å². The minimum Gasteiger partial charge on any atom is -0.452 e. The van der Waals surface area contributed by atoms with E-state index in [1.165, 1.54) is 18.4 Å². The number of nitrogens with one attached hydrogen (secondary N) is 1. The fraction of sp³-hybridized carbons (Fsp3) is 0.438. The van der Waals surface area contributed by atoms with Crippen molar-refractivity contribution in [2.24, 2.45) is 0 Å². The van der Waals surface area contributed by atoms with Crippen LogP contribution in [-0.2, 0) is 6.54 Å². The molecule has 112 valence electrons. The molecule has 0 radical (unpaired) electrons. The van der Waals surface area contributed by atoms with E-state index in [9.17, 15) is 0 Å². The SMILES string of the molecule is CC(C)n1cc(Oc2ccc(CNC3CC3)cc2Cl)cn1. The van der Waals surface area contributed by atoms with Gasteiger partial charge in [-0.15, -0.1) is 0 Å². The van der Waals surface area contributed by atoms with Gasteiger partial charge in [-0.1, -0.05) is 17.7 Å². The highest BCUT2D eigenvalue weighted by molar-refractivity contribution is 6.32. The number of benzene rings is 1. The quantitative estimate of drug-likeness (QED) is 0.871. The van der Waals surface area contributed by atoms with Gasteiger partial charge in [0.15, 0.2) is 5.75 Å². The highest BCUT2D eigenvalue weighted by Gasteiger charge is 2.20. The summed E-state index contributed by atoms with van der Waals surface area (Å²) in [6.45, 7) is 5.01. The third kappa shape index (κ3) is 3.77. The molecular weight excluding hydrogens is 286 g/mol. The van der Waals surface area contributed by atoms with E-state index >= 15 is 0 Å². The van der Waals surface area contributed by atoms with Crippen molar-refractivity contribution in [3.63, 3.8) is 0 Å². The Labute approximate surface area is 130 Å². The van der Waals surface area contributed by atoms with Crippen molar-refractivity contribution < 1.29 is 4.74 Å². The maximum absolute atomic E-state index is 6.30. The molecule has 0 unspecified atom stereocenters. The molecule has 0 bridgehead atoms. The van der Waals surface area contributed by atoms with Gasteiger partial charge in [0.25, 0.3) is 0 Å². The molecular formula is C16H20ClN3O. The molecule has 1 aromatic carbocycles. The topological polar surface area (TPSA) is 39.1 Å². The van der Waals surface area contributed by atoms with Gasteiger partial charge in [-0.25, -0.2) is 0 Å². The first-order valence-electron chi connectivity index (χ1n) is 7.35. The number of hydrogen-bond acceptors (Lipinski definition) is 3. The van der Waals surface area contributed by atoms with Gasteiger partial charge < -0.3 is 10.1 Å². The first kappa shape index (κ1) is 14.4. The Morgan fingerprint density at radius 3 is 2.86 bits per heavy atom. The number of ether oxygens (including phenoxy) is 1. The summed E-state index contributed by atoms with van der Waals surface area (Å²) in [6.07, 6.45) is 6.16. The fourth-order valence-corrected chi connectivity index (χ4v) is 2.31. The molecule has 1 saturated carbocycles. The maximum Gasteiger partial charge on any atom is 0.165 e. The lowest BCUT2D eigenvalue weighted by molar-refractivity contribution is 0.477. The summed E-state index contributed by atoms with van der Waals surface area (Å²) in [5.74, 6) is 1.37. The van der Waals surface area contributed by atoms with Crippen LogP contribution in [0.25, 0.3) is 0 Å². The van der Waals surface area contributed by atoms with Crippen LogP contribution < -0.4 is 10.1 Å². The molecule has 5 heteroatoms. The second-order valence-electron chi connectivity index (χ2n) is 5.77. The fourth-order valence-electron chi connectivity index (χ4n) is 2.07. The molecule has 1 heterocycles. The molecule has 1 N–H and O–H groups in total. The van der Waals surface area contributed by atoms with Crippen molar-refractivity contribution >= 4 is 11.6 Å². The number of halogens is 1. The maximum atomic E-state index is 6.30. The summed E-state index contributed by atoms with van der Waals surface area (Å²) in [5.41, 5.74) is 1.18. The van der Waals surface area contributed by atoms with E-state index in [-0.39, 0.29) is 0 Å². The van der Waals surface area contributed by atoms with Gasteiger partial charge in [-0.2, -0.15) is 5.10 Å². The zero-order valence-corrected chi connectivity index (χ0v) is 13.1. The Morgan fingerprint density at radius 2 is 2.24 bits per heavy atom. The smallest absolute Gasteiger partial charge is 0.165 e. The average molecular weight is 306 g/mol. The summed E-state index contributed by atoms with van der Waals surface area (Å²) in [5, 5.41) is 8.35. The third-order valence-corrected chi connectivity index (χ3v) is 3.80. The standard InChI is InChI=1S/C16H20ClN3O/c1-11(2)20-10-14(9-19-20)21-16-6-3-12(7-15(16)17)8-18-13-4-5-13/h3,6-7,9-11,13,18H,4-5,8H2,1-2H3. The summed E-state index contributed by atoms with van der Waals surface area (Å²) < 4.78 is 7.66. The highest BCUT2D eigenvalue weighted by Crippen LogP contribution is 2.30. The van der Waals surface area contributed by atoms with E-state index < -0.39 is 0 Å². The minimum absolute atomic E-state index is 0.314. The van der Waals surface area contributed by atoms with Gasteiger partial charge in [0, 0.05) is 18.6 Å². The Morgan fingerprint density at radius 1 is 1.43 bits per heavy atom. The van der Waals surface area contributed by atoms with Gasteiger partial charge in [0.2, 0.25) is 0 Å². The van der Waals surface area contributed by atoms with Crippen LogP contribution in [0.1, 0.15) is 38.3 Å². The Balaban J connectivity index is 1.66. The van der Waals surface area contributed by atoms with Gasteiger partial charge in [-0.3, -0.25) is 4.68 Å². The second-order valence-corrected chi connectivity index (χ2v) is 6.18. The predicted octanol–water partition coefficient (Wildman–Crippen LogP) is 4.16. The molecule has 0 atom stereocenters. The van der Waals surface area contributed by atoms with E-state index in [1.54, 1.807) is 6.20 Å². The van der Waals surface area contributed by atoms with Crippen molar-refractivity contribution in [1.82, 2.24) is 15.1 Å². The van der Waals surface area contributed by atoms with Gasteiger partial charge in [-0.05, 0) is 44.4 Å². The lowest BCUT2D eigenvalue weighted by atomic mass is 10.2. The third-order valence-electron chi connectivity index (χ3n) is 3.50. The molecule has 0 spiro atoms. The van der Waals surface area contributed by atoms with Crippen LogP contribution in [0.4, 0.5) is 0 Å². The molecule has 3 rings (SSSR count). The van der Waals surface area contributed by atoms with Crippen LogP contribution in [0, 0.1) is 0 Å². The zero-order chi connectivity index (χ0) is 14.8. The lowest BCUT2D eigenvalue weighted by Crippen LogP contribution is -2.15. The van der Waals surface area contributed by atoms with Crippen molar-refractivity contribution in [2.75, 3.05) is 0 Å². The Bertz CT molecular complexity index is 620. The summed E-state index contributed by atoms with van der Waals surface area (Å²) >= 11 is 6.30. The van der Waals surface area contributed by atoms with Crippen LogP contribution in [0.3, 0.4) is 0 Å². The van der Waals surface area contributed by atoms with E-state index in [0.29, 0.717) is 28.6 Å². The van der Waals surface area contributed by atoms with E-state index in [2.05, 4.69) is 24.3 Å². The van der Waals surface area contributed by atoms with Crippen molar-refractivity contribution in [3.8, 4) is 11.5 Å². The van der Waals surface area contributed by atoms with E-state index in [4.69, 9.17) is 16.3 Å². The lowest BCUT2D eigenvalue weighted by Gasteiger charge is -2.08. The Hall–Kier alpha value is -1.52. The summed E-state index contributed by atoms with van der Waals surface area (Å²) in [6, 6.07) is 6.93. The number of rotatable bonds is 6. The molecule has 2 aromatic rings.